The van der Waals surface area contributed by atoms with Crippen LogP contribution in [0.4, 0.5) is 5.69 Å². The summed E-state index contributed by atoms with van der Waals surface area (Å²) < 4.78 is 0. The van der Waals surface area contributed by atoms with Gasteiger partial charge < -0.3 is 10.2 Å². The van der Waals surface area contributed by atoms with Crippen molar-refractivity contribution in [2.45, 2.75) is 58.0 Å². The molecule has 20 heavy (non-hydrogen) atoms. The fraction of sp³-hybridized carbons (Fsp3) is 0.667. The largest absolute Gasteiger partial charge is 0.382 e. The van der Waals surface area contributed by atoms with E-state index in [9.17, 15) is 0 Å². The summed E-state index contributed by atoms with van der Waals surface area (Å²) in [5.74, 6) is 0.960. The van der Waals surface area contributed by atoms with E-state index in [0.29, 0.717) is 6.04 Å². The van der Waals surface area contributed by atoms with Crippen molar-refractivity contribution in [1.82, 2.24) is 4.90 Å². The first-order valence-corrected chi connectivity index (χ1v) is 8.17. The summed E-state index contributed by atoms with van der Waals surface area (Å²) in [6.07, 6.45) is 8.21. The third-order valence-corrected chi connectivity index (χ3v) is 4.46. The van der Waals surface area contributed by atoms with Gasteiger partial charge in [0.15, 0.2) is 0 Å². The Labute approximate surface area is 124 Å². The second-order valence-electron chi connectivity index (χ2n) is 6.56. The normalized spacial score (nSPS) is 23.6. The van der Waals surface area contributed by atoms with Crippen LogP contribution in [0.1, 0.15) is 51.0 Å². The van der Waals surface area contributed by atoms with Crippen molar-refractivity contribution in [3.63, 3.8) is 0 Å². The number of hydrogen-bond acceptors (Lipinski definition) is 2. The number of nitrogens with one attached hydrogen (secondary N) is 1. The Kier molecular flexibility index (Phi) is 5.90. The molecule has 112 valence electrons. The minimum atomic E-state index is 0.668. The van der Waals surface area contributed by atoms with Crippen LogP contribution in [0.25, 0.3) is 0 Å². The molecule has 0 heterocycles. The lowest BCUT2D eigenvalue weighted by atomic mass is 9.98. The molecule has 2 nitrogen and oxygen atoms in total. The molecule has 0 saturated heterocycles. The SMILES string of the molecule is CCC1CCCC(Nc2cccc(CN(C)C)c2)CC1. The van der Waals surface area contributed by atoms with Gasteiger partial charge in [-0.1, -0.05) is 38.3 Å². The maximum absolute atomic E-state index is 3.76. The van der Waals surface area contributed by atoms with E-state index in [1.807, 2.05) is 0 Å². The van der Waals surface area contributed by atoms with Gasteiger partial charge in [0.1, 0.15) is 0 Å². The number of nitrogens with zero attached hydrogens (tertiary/aromatic N) is 1. The summed E-state index contributed by atoms with van der Waals surface area (Å²) in [5, 5.41) is 3.76. The maximum atomic E-state index is 3.76. The summed E-state index contributed by atoms with van der Waals surface area (Å²) in [5.41, 5.74) is 2.68. The summed E-state index contributed by atoms with van der Waals surface area (Å²) in [4.78, 5) is 2.22. The Bertz CT molecular complexity index is 400. The fourth-order valence-corrected chi connectivity index (χ4v) is 3.29. The number of benzene rings is 1. The van der Waals surface area contributed by atoms with Gasteiger partial charge in [0.2, 0.25) is 0 Å². The van der Waals surface area contributed by atoms with E-state index < -0.39 is 0 Å². The minimum absolute atomic E-state index is 0.668. The lowest BCUT2D eigenvalue weighted by Crippen LogP contribution is -2.18. The molecule has 0 amide bonds. The lowest BCUT2D eigenvalue weighted by molar-refractivity contribution is 0.402. The molecule has 2 rings (SSSR count). The highest BCUT2D eigenvalue weighted by molar-refractivity contribution is 5.46. The molecule has 2 unspecified atom stereocenters. The Balaban J connectivity index is 1.92. The quantitative estimate of drug-likeness (QED) is 0.794. The third-order valence-electron chi connectivity index (χ3n) is 4.46. The minimum Gasteiger partial charge on any atom is -0.382 e. The van der Waals surface area contributed by atoms with Crippen molar-refractivity contribution in [3.05, 3.63) is 29.8 Å². The van der Waals surface area contributed by atoms with Crippen LogP contribution in [0.5, 0.6) is 0 Å². The van der Waals surface area contributed by atoms with Crippen molar-refractivity contribution in [2.24, 2.45) is 5.92 Å². The Morgan fingerprint density at radius 2 is 2.00 bits per heavy atom. The number of hydrogen-bond donors (Lipinski definition) is 1. The van der Waals surface area contributed by atoms with Crippen LogP contribution in [0, 0.1) is 5.92 Å². The van der Waals surface area contributed by atoms with Gasteiger partial charge in [-0.05, 0) is 57.0 Å². The van der Waals surface area contributed by atoms with E-state index in [2.05, 4.69) is 55.5 Å². The second kappa shape index (κ2) is 7.68. The monoisotopic (exact) mass is 274 g/mol. The van der Waals surface area contributed by atoms with Crippen LogP contribution in [-0.2, 0) is 6.54 Å². The van der Waals surface area contributed by atoms with E-state index in [1.165, 1.54) is 49.8 Å². The smallest absolute Gasteiger partial charge is 0.0345 e. The average molecular weight is 274 g/mol. The van der Waals surface area contributed by atoms with E-state index in [0.717, 1.165) is 12.5 Å². The van der Waals surface area contributed by atoms with Gasteiger partial charge in [0.05, 0.1) is 0 Å². The van der Waals surface area contributed by atoms with Crippen molar-refractivity contribution in [1.29, 1.82) is 0 Å². The number of rotatable bonds is 5. The molecule has 0 spiro atoms. The van der Waals surface area contributed by atoms with Crippen LogP contribution in [0.3, 0.4) is 0 Å². The molecule has 2 heteroatoms. The molecular formula is C18H30N2. The van der Waals surface area contributed by atoms with E-state index in [1.54, 1.807) is 0 Å². The average Bonchev–Trinajstić information content (AvgIpc) is 2.63. The fourth-order valence-electron chi connectivity index (χ4n) is 3.29. The van der Waals surface area contributed by atoms with Gasteiger partial charge in [-0.15, -0.1) is 0 Å². The third kappa shape index (κ3) is 4.82. The summed E-state index contributed by atoms with van der Waals surface area (Å²) in [7, 11) is 4.24. The highest BCUT2D eigenvalue weighted by Crippen LogP contribution is 2.27. The Morgan fingerprint density at radius 3 is 2.75 bits per heavy atom. The summed E-state index contributed by atoms with van der Waals surface area (Å²) in [6.45, 7) is 3.35. The Morgan fingerprint density at radius 1 is 1.15 bits per heavy atom. The predicted molar refractivity (Wildman–Crippen MR) is 88.1 cm³/mol. The van der Waals surface area contributed by atoms with Crippen LogP contribution in [0.2, 0.25) is 0 Å². The zero-order chi connectivity index (χ0) is 14.4. The molecular weight excluding hydrogens is 244 g/mol. The predicted octanol–water partition coefficient (Wildman–Crippen LogP) is 4.52. The van der Waals surface area contributed by atoms with Gasteiger partial charge in [-0.3, -0.25) is 0 Å². The van der Waals surface area contributed by atoms with E-state index in [-0.39, 0.29) is 0 Å². The first kappa shape index (κ1) is 15.4. The molecule has 1 fully saturated rings. The second-order valence-corrected chi connectivity index (χ2v) is 6.56. The van der Waals surface area contributed by atoms with Gasteiger partial charge in [-0.2, -0.15) is 0 Å². The maximum Gasteiger partial charge on any atom is 0.0345 e. The Hall–Kier alpha value is -1.02. The molecule has 0 bridgehead atoms. The van der Waals surface area contributed by atoms with Crippen molar-refractivity contribution in [2.75, 3.05) is 19.4 Å². The van der Waals surface area contributed by atoms with Crippen molar-refractivity contribution < 1.29 is 0 Å². The van der Waals surface area contributed by atoms with Gasteiger partial charge in [0, 0.05) is 18.3 Å². The molecule has 0 aliphatic heterocycles. The molecule has 2 atom stereocenters. The number of anilines is 1. The zero-order valence-electron chi connectivity index (χ0n) is 13.4. The topological polar surface area (TPSA) is 15.3 Å². The zero-order valence-corrected chi connectivity index (χ0v) is 13.4. The van der Waals surface area contributed by atoms with Gasteiger partial charge in [0.25, 0.3) is 0 Å². The molecule has 1 aromatic rings. The molecule has 0 radical (unpaired) electrons. The first-order valence-electron chi connectivity index (χ1n) is 8.17. The van der Waals surface area contributed by atoms with Crippen LogP contribution >= 0.6 is 0 Å². The lowest BCUT2D eigenvalue weighted by Gasteiger charge is -2.19. The van der Waals surface area contributed by atoms with Crippen LogP contribution < -0.4 is 5.32 Å². The first-order chi connectivity index (χ1) is 9.67. The molecule has 0 aromatic heterocycles. The van der Waals surface area contributed by atoms with Crippen LogP contribution in [0.15, 0.2) is 24.3 Å². The highest BCUT2D eigenvalue weighted by Gasteiger charge is 2.17. The molecule has 1 aliphatic rings. The van der Waals surface area contributed by atoms with Crippen molar-refractivity contribution >= 4 is 5.69 Å². The molecule has 1 saturated carbocycles. The standard InChI is InChI=1S/C18H30N2/c1-4-15-7-5-9-17(12-11-15)19-18-10-6-8-16(13-18)14-20(2)3/h6,8,10,13,15,17,19H,4-5,7,9,11-12,14H2,1-3H3. The van der Waals surface area contributed by atoms with Crippen molar-refractivity contribution in [3.8, 4) is 0 Å². The summed E-state index contributed by atoms with van der Waals surface area (Å²) in [6, 6.07) is 9.57. The molecule has 1 aliphatic carbocycles. The van der Waals surface area contributed by atoms with E-state index in [4.69, 9.17) is 0 Å². The summed E-state index contributed by atoms with van der Waals surface area (Å²) >= 11 is 0. The molecule has 1 N–H and O–H groups in total. The van der Waals surface area contributed by atoms with E-state index >= 15 is 0 Å². The van der Waals surface area contributed by atoms with Crippen LogP contribution in [-0.4, -0.2) is 25.0 Å². The molecule has 1 aromatic carbocycles. The van der Waals surface area contributed by atoms with Gasteiger partial charge in [-0.25, -0.2) is 0 Å². The van der Waals surface area contributed by atoms with Gasteiger partial charge >= 0.3 is 0 Å². The highest BCUT2D eigenvalue weighted by atomic mass is 15.0.